The minimum Gasteiger partial charge on any atom is -0.497 e. The van der Waals surface area contributed by atoms with Crippen LogP contribution in [0.2, 0.25) is 0 Å². The third-order valence-electron chi connectivity index (χ3n) is 4.99. The van der Waals surface area contributed by atoms with Crippen LogP contribution in [0.5, 0.6) is 5.75 Å². The Hall–Kier alpha value is -2.37. The van der Waals surface area contributed by atoms with Crippen molar-refractivity contribution in [2.45, 2.75) is 25.4 Å². The zero-order chi connectivity index (χ0) is 19.1. The van der Waals surface area contributed by atoms with Crippen LogP contribution in [0.4, 0.5) is 0 Å². The maximum atomic E-state index is 12.5. The van der Waals surface area contributed by atoms with Crippen LogP contribution in [0.3, 0.4) is 0 Å². The molecule has 2 aromatic carbocycles. The first-order chi connectivity index (χ1) is 13.2. The topological polar surface area (TPSA) is 50.8 Å². The lowest BCUT2D eigenvalue weighted by Gasteiger charge is -2.24. The van der Waals surface area contributed by atoms with Gasteiger partial charge in [0.25, 0.3) is 0 Å². The first-order valence-corrected chi connectivity index (χ1v) is 9.45. The van der Waals surface area contributed by atoms with E-state index in [1.54, 1.807) is 14.2 Å². The molecule has 0 aliphatic carbocycles. The molecule has 1 atom stereocenters. The van der Waals surface area contributed by atoms with Crippen LogP contribution in [0, 0.1) is 0 Å². The lowest BCUT2D eigenvalue weighted by molar-refractivity contribution is -0.125. The van der Waals surface area contributed by atoms with Gasteiger partial charge in [-0.1, -0.05) is 30.3 Å². The van der Waals surface area contributed by atoms with E-state index in [4.69, 9.17) is 9.47 Å². The standard InChI is InChI=1S/C22H28N2O3/c1-26-13-11-23-22(25)21-10-5-12-24(21)16-17-6-3-7-18(14-17)19-8-4-9-20(15-19)27-2/h3-4,6-9,14-15,21H,5,10-13,16H2,1-2H3,(H,23,25). The first-order valence-electron chi connectivity index (χ1n) is 9.45. The summed E-state index contributed by atoms with van der Waals surface area (Å²) in [6.45, 7) is 2.83. The van der Waals surface area contributed by atoms with Gasteiger partial charge in [0.05, 0.1) is 19.8 Å². The fourth-order valence-corrected chi connectivity index (χ4v) is 3.59. The highest BCUT2D eigenvalue weighted by Gasteiger charge is 2.30. The number of benzene rings is 2. The second-order valence-electron chi connectivity index (χ2n) is 6.84. The number of methoxy groups -OCH3 is 2. The lowest BCUT2D eigenvalue weighted by atomic mass is 10.0. The molecule has 144 valence electrons. The fourth-order valence-electron chi connectivity index (χ4n) is 3.59. The number of carbonyl (C=O) groups is 1. The van der Waals surface area contributed by atoms with Gasteiger partial charge in [-0.3, -0.25) is 9.69 Å². The monoisotopic (exact) mass is 368 g/mol. The first kappa shape index (κ1) is 19.4. The van der Waals surface area contributed by atoms with E-state index in [-0.39, 0.29) is 11.9 Å². The molecule has 5 heteroatoms. The van der Waals surface area contributed by atoms with Crippen LogP contribution < -0.4 is 10.1 Å². The Bertz CT molecular complexity index is 763. The SMILES string of the molecule is COCCNC(=O)C1CCCN1Cc1cccc(-c2cccc(OC)c2)c1. The van der Waals surface area contributed by atoms with E-state index in [1.165, 1.54) is 5.56 Å². The van der Waals surface area contributed by atoms with E-state index in [2.05, 4.69) is 40.5 Å². The van der Waals surface area contributed by atoms with Crippen LogP contribution >= 0.6 is 0 Å². The molecule has 1 heterocycles. The molecule has 1 saturated heterocycles. The molecule has 1 unspecified atom stereocenters. The Labute approximate surface area is 161 Å². The molecule has 0 saturated carbocycles. The maximum Gasteiger partial charge on any atom is 0.237 e. The van der Waals surface area contributed by atoms with Crippen LogP contribution in [-0.2, 0) is 16.1 Å². The van der Waals surface area contributed by atoms with Crippen molar-refractivity contribution in [2.75, 3.05) is 33.9 Å². The summed E-state index contributed by atoms with van der Waals surface area (Å²) in [5, 5.41) is 2.97. The minimum absolute atomic E-state index is 0.0534. The molecule has 1 N–H and O–H groups in total. The van der Waals surface area contributed by atoms with Gasteiger partial charge in [-0.2, -0.15) is 0 Å². The Balaban J connectivity index is 1.69. The van der Waals surface area contributed by atoms with Crippen LogP contribution in [0.15, 0.2) is 48.5 Å². The van der Waals surface area contributed by atoms with Crippen LogP contribution in [-0.4, -0.2) is 50.8 Å². The van der Waals surface area contributed by atoms with E-state index in [0.29, 0.717) is 13.2 Å². The molecular formula is C22H28N2O3. The molecule has 1 amide bonds. The minimum atomic E-state index is -0.0534. The van der Waals surface area contributed by atoms with Crippen molar-refractivity contribution in [3.05, 3.63) is 54.1 Å². The largest absolute Gasteiger partial charge is 0.497 e. The molecule has 2 aromatic rings. The predicted octanol–water partition coefficient (Wildman–Crippen LogP) is 3.09. The van der Waals surface area contributed by atoms with E-state index < -0.39 is 0 Å². The Kier molecular flexibility index (Phi) is 6.85. The molecular weight excluding hydrogens is 340 g/mol. The van der Waals surface area contributed by atoms with Crippen molar-refractivity contribution in [3.8, 4) is 16.9 Å². The van der Waals surface area contributed by atoms with Crippen molar-refractivity contribution in [2.24, 2.45) is 0 Å². The highest BCUT2D eigenvalue weighted by molar-refractivity contribution is 5.82. The molecule has 3 rings (SSSR count). The summed E-state index contributed by atoms with van der Waals surface area (Å²) in [4.78, 5) is 14.7. The number of rotatable bonds is 8. The van der Waals surface area contributed by atoms with Gasteiger partial charge in [-0.15, -0.1) is 0 Å². The number of nitrogens with one attached hydrogen (secondary N) is 1. The van der Waals surface area contributed by atoms with E-state index >= 15 is 0 Å². The number of hydrogen-bond acceptors (Lipinski definition) is 4. The van der Waals surface area contributed by atoms with Crippen molar-refractivity contribution in [1.29, 1.82) is 0 Å². The van der Waals surface area contributed by atoms with Gasteiger partial charge in [0.15, 0.2) is 0 Å². The zero-order valence-electron chi connectivity index (χ0n) is 16.1. The van der Waals surface area contributed by atoms with Crippen molar-refractivity contribution < 1.29 is 14.3 Å². The highest BCUT2D eigenvalue weighted by Crippen LogP contribution is 2.26. The quantitative estimate of drug-likeness (QED) is 0.728. The summed E-state index contributed by atoms with van der Waals surface area (Å²) >= 11 is 0. The number of ether oxygens (including phenoxy) is 2. The summed E-state index contributed by atoms with van der Waals surface area (Å²) in [6, 6.07) is 16.5. The van der Waals surface area contributed by atoms with Crippen LogP contribution in [0.25, 0.3) is 11.1 Å². The van der Waals surface area contributed by atoms with Gasteiger partial charge in [0.2, 0.25) is 5.91 Å². The third-order valence-corrected chi connectivity index (χ3v) is 4.99. The predicted molar refractivity (Wildman–Crippen MR) is 107 cm³/mol. The number of nitrogens with zero attached hydrogens (tertiary/aromatic N) is 1. The molecule has 27 heavy (non-hydrogen) atoms. The summed E-state index contributed by atoms with van der Waals surface area (Å²) in [5.41, 5.74) is 3.50. The van der Waals surface area contributed by atoms with Gasteiger partial charge in [0, 0.05) is 20.2 Å². The second-order valence-corrected chi connectivity index (χ2v) is 6.84. The molecule has 1 aliphatic heterocycles. The Morgan fingerprint density at radius 1 is 1.15 bits per heavy atom. The van der Waals surface area contributed by atoms with E-state index in [1.807, 2.05) is 18.2 Å². The van der Waals surface area contributed by atoms with Crippen molar-refractivity contribution in [1.82, 2.24) is 10.2 Å². The normalized spacial score (nSPS) is 17.0. The average molecular weight is 368 g/mol. The molecule has 0 aromatic heterocycles. The van der Waals surface area contributed by atoms with E-state index in [0.717, 1.165) is 42.8 Å². The lowest BCUT2D eigenvalue weighted by Crippen LogP contribution is -2.43. The zero-order valence-corrected chi connectivity index (χ0v) is 16.1. The molecule has 0 spiro atoms. The Morgan fingerprint density at radius 3 is 2.70 bits per heavy atom. The third kappa shape index (κ3) is 5.08. The van der Waals surface area contributed by atoms with Gasteiger partial charge >= 0.3 is 0 Å². The van der Waals surface area contributed by atoms with Gasteiger partial charge in [-0.05, 0) is 54.3 Å². The fraction of sp³-hybridized carbons (Fsp3) is 0.409. The number of amides is 1. The van der Waals surface area contributed by atoms with Crippen molar-refractivity contribution >= 4 is 5.91 Å². The number of hydrogen-bond donors (Lipinski definition) is 1. The summed E-state index contributed by atoms with van der Waals surface area (Å²) in [6.07, 6.45) is 1.96. The summed E-state index contributed by atoms with van der Waals surface area (Å²) in [7, 11) is 3.32. The molecule has 1 fully saturated rings. The highest BCUT2D eigenvalue weighted by atomic mass is 16.5. The second kappa shape index (κ2) is 9.53. The Morgan fingerprint density at radius 2 is 1.93 bits per heavy atom. The number of likely N-dealkylation sites (tertiary alicyclic amines) is 1. The molecule has 0 radical (unpaired) electrons. The summed E-state index contributed by atoms with van der Waals surface area (Å²) in [5.74, 6) is 0.957. The molecule has 5 nitrogen and oxygen atoms in total. The number of carbonyl (C=O) groups excluding carboxylic acids is 1. The van der Waals surface area contributed by atoms with Crippen molar-refractivity contribution in [3.63, 3.8) is 0 Å². The average Bonchev–Trinajstić information content (AvgIpc) is 3.16. The maximum absolute atomic E-state index is 12.5. The van der Waals surface area contributed by atoms with Gasteiger partial charge < -0.3 is 14.8 Å². The summed E-state index contributed by atoms with van der Waals surface area (Å²) < 4.78 is 10.3. The molecule has 0 bridgehead atoms. The smallest absolute Gasteiger partial charge is 0.237 e. The van der Waals surface area contributed by atoms with Gasteiger partial charge in [-0.25, -0.2) is 0 Å². The van der Waals surface area contributed by atoms with E-state index in [9.17, 15) is 4.79 Å². The molecule has 1 aliphatic rings. The van der Waals surface area contributed by atoms with Gasteiger partial charge in [0.1, 0.15) is 5.75 Å². The van der Waals surface area contributed by atoms with Crippen LogP contribution in [0.1, 0.15) is 18.4 Å².